The highest BCUT2D eigenvalue weighted by Crippen LogP contribution is 2.17. The fraction of sp³-hybridized carbons (Fsp3) is 0.250. The van der Waals surface area contributed by atoms with Crippen LogP contribution in [0.15, 0.2) is 54.9 Å². The molecule has 0 bridgehead atoms. The van der Waals surface area contributed by atoms with Crippen molar-refractivity contribution in [2.24, 2.45) is 0 Å². The summed E-state index contributed by atoms with van der Waals surface area (Å²) in [6, 6.07) is 14.8. The van der Waals surface area contributed by atoms with Gasteiger partial charge in [0, 0.05) is 30.3 Å². The van der Waals surface area contributed by atoms with Crippen LogP contribution >= 0.6 is 0 Å². The second-order valence-electron chi connectivity index (χ2n) is 6.54. The van der Waals surface area contributed by atoms with E-state index < -0.39 is 0 Å². The molecule has 1 aliphatic heterocycles. The quantitative estimate of drug-likeness (QED) is 0.764. The van der Waals surface area contributed by atoms with E-state index in [9.17, 15) is 9.59 Å². The van der Waals surface area contributed by atoms with Crippen LogP contribution in [0.25, 0.3) is 11.0 Å². The van der Waals surface area contributed by atoms with E-state index in [-0.39, 0.29) is 17.9 Å². The van der Waals surface area contributed by atoms with Crippen LogP contribution in [0.2, 0.25) is 0 Å². The van der Waals surface area contributed by atoms with Gasteiger partial charge in [-0.3, -0.25) is 9.59 Å². The van der Waals surface area contributed by atoms with Crippen molar-refractivity contribution in [2.75, 3.05) is 13.1 Å². The molecule has 2 aromatic carbocycles. The Bertz CT molecular complexity index is 927. The number of aromatic nitrogens is 2. The van der Waals surface area contributed by atoms with Crippen molar-refractivity contribution >= 4 is 22.8 Å². The van der Waals surface area contributed by atoms with E-state index in [1.54, 1.807) is 18.5 Å². The van der Waals surface area contributed by atoms with Gasteiger partial charge in [0.2, 0.25) is 0 Å². The lowest BCUT2D eigenvalue weighted by Gasteiger charge is -2.32. The number of aromatic amines is 1. The second kappa shape index (κ2) is 7.00. The number of carbonyl (C=O) groups excluding carboxylic acids is 2. The number of hydrogen-bond acceptors (Lipinski definition) is 3. The molecular formula is C20H20N4O2. The highest BCUT2D eigenvalue weighted by atomic mass is 16.2. The molecule has 3 aromatic rings. The second-order valence-corrected chi connectivity index (χ2v) is 6.54. The van der Waals surface area contributed by atoms with Crippen molar-refractivity contribution in [2.45, 2.75) is 18.9 Å². The number of hydrogen-bond donors (Lipinski definition) is 2. The van der Waals surface area contributed by atoms with Crippen LogP contribution in [0, 0.1) is 0 Å². The smallest absolute Gasteiger partial charge is 0.253 e. The predicted octanol–water partition coefficient (Wildman–Crippen LogP) is 2.60. The molecular weight excluding hydrogens is 328 g/mol. The first-order valence-electron chi connectivity index (χ1n) is 8.79. The maximum absolute atomic E-state index is 12.7. The predicted molar refractivity (Wildman–Crippen MR) is 98.9 cm³/mol. The average Bonchev–Trinajstić information content (AvgIpc) is 3.16. The first kappa shape index (κ1) is 16.3. The van der Waals surface area contributed by atoms with Crippen molar-refractivity contribution in [1.29, 1.82) is 0 Å². The first-order valence-corrected chi connectivity index (χ1v) is 8.79. The maximum atomic E-state index is 12.7. The summed E-state index contributed by atoms with van der Waals surface area (Å²) in [5.74, 6) is -0.0330. The minimum Gasteiger partial charge on any atom is -0.349 e. The number of amides is 2. The van der Waals surface area contributed by atoms with Gasteiger partial charge in [-0.05, 0) is 43.2 Å². The lowest BCUT2D eigenvalue weighted by atomic mass is 10.0. The van der Waals surface area contributed by atoms with Gasteiger partial charge in [-0.25, -0.2) is 4.98 Å². The molecule has 6 heteroatoms. The number of likely N-dealkylation sites (tertiary alicyclic amines) is 1. The molecule has 1 fully saturated rings. The van der Waals surface area contributed by atoms with Crippen molar-refractivity contribution in [3.8, 4) is 0 Å². The van der Waals surface area contributed by atoms with E-state index in [0.717, 1.165) is 23.9 Å². The molecule has 26 heavy (non-hydrogen) atoms. The van der Waals surface area contributed by atoms with Crippen LogP contribution in [-0.2, 0) is 0 Å². The Balaban J connectivity index is 1.35. The van der Waals surface area contributed by atoms with Gasteiger partial charge in [0.1, 0.15) is 0 Å². The number of carbonyl (C=O) groups is 2. The minimum absolute atomic E-state index is 0.0225. The summed E-state index contributed by atoms with van der Waals surface area (Å²) in [4.78, 5) is 34.0. The van der Waals surface area contributed by atoms with Crippen molar-refractivity contribution in [3.63, 3.8) is 0 Å². The zero-order valence-electron chi connectivity index (χ0n) is 14.3. The van der Waals surface area contributed by atoms with Gasteiger partial charge >= 0.3 is 0 Å². The Labute approximate surface area is 151 Å². The highest BCUT2D eigenvalue weighted by Gasteiger charge is 2.25. The number of rotatable bonds is 3. The molecule has 0 spiro atoms. The molecule has 0 saturated carbocycles. The summed E-state index contributed by atoms with van der Waals surface area (Å²) in [5.41, 5.74) is 3.04. The fourth-order valence-corrected chi connectivity index (χ4v) is 3.34. The summed E-state index contributed by atoms with van der Waals surface area (Å²) < 4.78 is 0. The Morgan fingerprint density at radius 1 is 1.04 bits per heavy atom. The van der Waals surface area contributed by atoms with E-state index >= 15 is 0 Å². The van der Waals surface area contributed by atoms with E-state index in [2.05, 4.69) is 15.3 Å². The third kappa shape index (κ3) is 3.31. The Morgan fingerprint density at radius 2 is 1.81 bits per heavy atom. The van der Waals surface area contributed by atoms with Gasteiger partial charge in [-0.1, -0.05) is 18.2 Å². The van der Waals surface area contributed by atoms with Crippen molar-refractivity contribution in [3.05, 3.63) is 66.0 Å². The molecule has 1 saturated heterocycles. The van der Waals surface area contributed by atoms with Gasteiger partial charge in [0.15, 0.2) is 0 Å². The lowest BCUT2D eigenvalue weighted by Crippen LogP contribution is -2.46. The summed E-state index contributed by atoms with van der Waals surface area (Å²) in [5, 5.41) is 3.06. The number of H-pyrrole nitrogens is 1. The molecule has 1 aliphatic rings. The topological polar surface area (TPSA) is 78.1 Å². The number of fused-ring (bicyclic) bond motifs is 1. The standard InChI is InChI=1S/C20H20N4O2/c25-19(14-4-2-1-3-5-14)23-16-8-10-24(11-9-16)20(26)15-6-7-17-18(12-15)22-13-21-17/h1-7,12-13,16H,8-11H2,(H,21,22)(H,23,25). The molecule has 4 rings (SSSR count). The first-order chi connectivity index (χ1) is 12.7. The van der Waals surface area contributed by atoms with Crippen molar-refractivity contribution < 1.29 is 9.59 Å². The number of piperidine rings is 1. The summed E-state index contributed by atoms with van der Waals surface area (Å²) in [6.45, 7) is 1.28. The maximum Gasteiger partial charge on any atom is 0.253 e. The van der Waals surface area contributed by atoms with Gasteiger partial charge in [0.25, 0.3) is 11.8 Å². The lowest BCUT2D eigenvalue weighted by molar-refractivity contribution is 0.0698. The van der Waals surface area contributed by atoms with E-state index in [4.69, 9.17) is 0 Å². The molecule has 2 amide bonds. The fourth-order valence-electron chi connectivity index (χ4n) is 3.34. The Kier molecular flexibility index (Phi) is 4.39. The zero-order valence-corrected chi connectivity index (χ0v) is 14.3. The van der Waals surface area contributed by atoms with Gasteiger partial charge in [-0.2, -0.15) is 0 Å². The third-order valence-corrected chi connectivity index (χ3v) is 4.82. The van der Waals surface area contributed by atoms with Crippen LogP contribution in [0.5, 0.6) is 0 Å². The minimum atomic E-state index is -0.0555. The number of imidazole rings is 1. The highest BCUT2D eigenvalue weighted by molar-refractivity contribution is 5.97. The molecule has 6 nitrogen and oxygen atoms in total. The normalized spacial score (nSPS) is 15.2. The summed E-state index contributed by atoms with van der Waals surface area (Å²) in [7, 11) is 0. The molecule has 1 aromatic heterocycles. The zero-order chi connectivity index (χ0) is 17.9. The average molecular weight is 348 g/mol. The molecule has 2 N–H and O–H groups in total. The summed E-state index contributed by atoms with van der Waals surface area (Å²) in [6.07, 6.45) is 3.15. The van der Waals surface area contributed by atoms with Gasteiger partial charge in [-0.15, -0.1) is 0 Å². The number of benzene rings is 2. The van der Waals surface area contributed by atoms with Crippen LogP contribution in [0.4, 0.5) is 0 Å². The molecule has 0 radical (unpaired) electrons. The molecule has 0 unspecified atom stereocenters. The Hall–Kier alpha value is -3.15. The van der Waals surface area contributed by atoms with Crippen molar-refractivity contribution in [1.82, 2.24) is 20.2 Å². The molecule has 0 atom stereocenters. The summed E-state index contributed by atoms with van der Waals surface area (Å²) >= 11 is 0. The van der Waals surface area contributed by atoms with Crippen LogP contribution in [-0.4, -0.2) is 45.8 Å². The van der Waals surface area contributed by atoms with E-state index in [1.807, 2.05) is 41.3 Å². The van der Waals surface area contributed by atoms with Crippen LogP contribution in [0.1, 0.15) is 33.6 Å². The van der Waals surface area contributed by atoms with Crippen LogP contribution in [0.3, 0.4) is 0 Å². The van der Waals surface area contributed by atoms with Crippen LogP contribution < -0.4 is 5.32 Å². The SMILES string of the molecule is O=C(NC1CCN(C(=O)c2ccc3nc[nH]c3c2)CC1)c1ccccc1. The molecule has 0 aliphatic carbocycles. The number of nitrogens with one attached hydrogen (secondary N) is 2. The van der Waals surface area contributed by atoms with E-state index in [0.29, 0.717) is 24.2 Å². The monoisotopic (exact) mass is 348 g/mol. The van der Waals surface area contributed by atoms with E-state index in [1.165, 1.54) is 0 Å². The molecule has 2 heterocycles. The number of nitrogens with zero attached hydrogens (tertiary/aromatic N) is 2. The van der Waals surface area contributed by atoms with Gasteiger partial charge in [0.05, 0.1) is 17.4 Å². The van der Waals surface area contributed by atoms with Gasteiger partial charge < -0.3 is 15.2 Å². The third-order valence-electron chi connectivity index (χ3n) is 4.82. The Morgan fingerprint density at radius 3 is 2.58 bits per heavy atom. The largest absolute Gasteiger partial charge is 0.349 e. The molecule has 132 valence electrons.